The summed E-state index contributed by atoms with van der Waals surface area (Å²) < 4.78 is 0. The number of carbonyl (C=O) groups is 1. The second kappa shape index (κ2) is 7.10. The first kappa shape index (κ1) is 11.8. The summed E-state index contributed by atoms with van der Waals surface area (Å²) in [6, 6.07) is 0. The third kappa shape index (κ3) is 4.85. The molecule has 1 fully saturated rings. The highest BCUT2D eigenvalue weighted by Crippen LogP contribution is 2.27. The molecular weight excluding hydrogens is 192 g/mol. The number of allylic oxidation sites excluding steroid dienone is 1. The van der Waals surface area contributed by atoms with E-state index in [9.17, 15) is 4.79 Å². The maximum absolute atomic E-state index is 11.4. The third-order valence-electron chi connectivity index (χ3n) is 2.76. The molecule has 0 bridgehead atoms. The SMILES string of the molecule is C=CCCC(=O)SCC1CCCCC1. The molecule has 0 saturated heterocycles. The fraction of sp³-hybridized carbons (Fsp3) is 0.750. The van der Waals surface area contributed by atoms with Crippen LogP contribution in [0.3, 0.4) is 0 Å². The molecule has 1 aliphatic carbocycles. The Morgan fingerprint density at radius 1 is 1.36 bits per heavy atom. The van der Waals surface area contributed by atoms with E-state index in [0.29, 0.717) is 11.5 Å². The predicted octanol–water partition coefficient (Wildman–Crippen LogP) is 3.79. The van der Waals surface area contributed by atoms with E-state index >= 15 is 0 Å². The molecule has 0 spiro atoms. The molecule has 1 rings (SSSR count). The zero-order valence-electron chi connectivity index (χ0n) is 8.84. The Bertz CT molecular complexity index is 183. The molecule has 0 heterocycles. The van der Waals surface area contributed by atoms with Gasteiger partial charge in [0.2, 0.25) is 0 Å². The Hall–Kier alpha value is -0.240. The normalized spacial score (nSPS) is 18.0. The molecule has 14 heavy (non-hydrogen) atoms. The summed E-state index contributed by atoms with van der Waals surface area (Å²) in [6.45, 7) is 3.62. The molecule has 0 amide bonds. The van der Waals surface area contributed by atoms with Crippen molar-refractivity contribution < 1.29 is 4.79 Å². The summed E-state index contributed by atoms with van der Waals surface area (Å²) in [7, 11) is 0. The van der Waals surface area contributed by atoms with Crippen LogP contribution in [0.5, 0.6) is 0 Å². The van der Waals surface area contributed by atoms with Gasteiger partial charge in [0.15, 0.2) is 5.12 Å². The van der Waals surface area contributed by atoms with Gasteiger partial charge in [0.25, 0.3) is 0 Å². The van der Waals surface area contributed by atoms with E-state index in [4.69, 9.17) is 0 Å². The van der Waals surface area contributed by atoms with Crippen LogP contribution in [-0.4, -0.2) is 10.9 Å². The van der Waals surface area contributed by atoms with Crippen LogP contribution in [0, 0.1) is 5.92 Å². The van der Waals surface area contributed by atoms with E-state index in [1.54, 1.807) is 0 Å². The van der Waals surface area contributed by atoms with Crippen molar-refractivity contribution in [1.29, 1.82) is 0 Å². The number of rotatable bonds is 5. The van der Waals surface area contributed by atoms with E-state index in [-0.39, 0.29) is 0 Å². The lowest BCUT2D eigenvalue weighted by atomic mass is 9.91. The minimum atomic E-state index is 0.343. The second-order valence-electron chi connectivity index (χ2n) is 4.01. The monoisotopic (exact) mass is 212 g/mol. The maximum Gasteiger partial charge on any atom is 0.189 e. The fourth-order valence-electron chi connectivity index (χ4n) is 1.86. The van der Waals surface area contributed by atoms with E-state index < -0.39 is 0 Å². The van der Waals surface area contributed by atoms with Gasteiger partial charge < -0.3 is 0 Å². The fourth-order valence-corrected chi connectivity index (χ4v) is 2.87. The minimum absolute atomic E-state index is 0.343. The van der Waals surface area contributed by atoms with Crippen molar-refractivity contribution in [3.63, 3.8) is 0 Å². The Balaban J connectivity index is 2.06. The molecule has 1 aliphatic rings. The molecule has 0 aromatic rings. The smallest absolute Gasteiger partial charge is 0.189 e. The van der Waals surface area contributed by atoms with Gasteiger partial charge in [0.05, 0.1) is 0 Å². The molecule has 0 aromatic carbocycles. The Kier molecular flexibility index (Phi) is 6.00. The topological polar surface area (TPSA) is 17.1 Å². The lowest BCUT2D eigenvalue weighted by Crippen LogP contribution is -2.10. The van der Waals surface area contributed by atoms with E-state index in [2.05, 4.69) is 6.58 Å². The van der Waals surface area contributed by atoms with E-state index in [1.165, 1.54) is 43.9 Å². The summed E-state index contributed by atoms with van der Waals surface area (Å²) in [6.07, 6.45) is 10.1. The Morgan fingerprint density at radius 2 is 2.07 bits per heavy atom. The molecule has 80 valence electrons. The molecule has 0 radical (unpaired) electrons. The van der Waals surface area contributed by atoms with Gasteiger partial charge in [-0.3, -0.25) is 4.79 Å². The van der Waals surface area contributed by atoms with Gasteiger partial charge in [-0.25, -0.2) is 0 Å². The highest BCUT2D eigenvalue weighted by atomic mass is 32.2. The molecule has 0 atom stereocenters. The number of thioether (sulfide) groups is 1. The van der Waals surface area contributed by atoms with Crippen LogP contribution < -0.4 is 0 Å². The van der Waals surface area contributed by atoms with Gasteiger partial charge in [-0.2, -0.15) is 0 Å². The Labute approximate surface area is 91.3 Å². The summed E-state index contributed by atoms with van der Waals surface area (Å²) in [4.78, 5) is 11.4. The van der Waals surface area contributed by atoms with Crippen molar-refractivity contribution in [2.45, 2.75) is 44.9 Å². The van der Waals surface area contributed by atoms with Crippen LogP contribution >= 0.6 is 11.8 Å². The highest BCUT2D eigenvalue weighted by molar-refractivity contribution is 8.13. The number of hydrogen-bond donors (Lipinski definition) is 0. The first-order valence-electron chi connectivity index (χ1n) is 5.59. The Morgan fingerprint density at radius 3 is 2.71 bits per heavy atom. The van der Waals surface area contributed by atoms with Crippen molar-refractivity contribution in [3.8, 4) is 0 Å². The first-order chi connectivity index (χ1) is 6.83. The maximum atomic E-state index is 11.4. The lowest BCUT2D eigenvalue weighted by Gasteiger charge is -2.20. The summed E-state index contributed by atoms with van der Waals surface area (Å²) >= 11 is 1.54. The third-order valence-corrected chi connectivity index (χ3v) is 3.92. The summed E-state index contributed by atoms with van der Waals surface area (Å²) in [5.74, 6) is 1.86. The van der Waals surface area contributed by atoms with Crippen molar-refractivity contribution in [3.05, 3.63) is 12.7 Å². The largest absolute Gasteiger partial charge is 0.287 e. The number of carbonyl (C=O) groups excluding carboxylic acids is 1. The highest BCUT2D eigenvalue weighted by Gasteiger charge is 2.14. The van der Waals surface area contributed by atoms with Crippen LogP contribution in [0.4, 0.5) is 0 Å². The molecular formula is C12H20OS. The molecule has 0 aromatic heterocycles. The molecule has 0 unspecified atom stereocenters. The molecule has 1 saturated carbocycles. The molecule has 0 aliphatic heterocycles. The number of hydrogen-bond acceptors (Lipinski definition) is 2. The van der Waals surface area contributed by atoms with Crippen LogP contribution in [-0.2, 0) is 4.79 Å². The first-order valence-corrected chi connectivity index (χ1v) is 6.58. The van der Waals surface area contributed by atoms with Crippen molar-refractivity contribution in [1.82, 2.24) is 0 Å². The van der Waals surface area contributed by atoms with E-state index in [0.717, 1.165) is 18.1 Å². The quantitative estimate of drug-likeness (QED) is 0.645. The van der Waals surface area contributed by atoms with Gasteiger partial charge in [0, 0.05) is 12.2 Å². The van der Waals surface area contributed by atoms with Gasteiger partial charge >= 0.3 is 0 Å². The molecule has 2 heteroatoms. The average molecular weight is 212 g/mol. The van der Waals surface area contributed by atoms with Crippen LogP contribution in [0.1, 0.15) is 44.9 Å². The van der Waals surface area contributed by atoms with E-state index in [1.807, 2.05) is 6.08 Å². The van der Waals surface area contributed by atoms with Crippen molar-refractivity contribution in [2.24, 2.45) is 5.92 Å². The second-order valence-corrected chi connectivity index (χ2v) is 5.09. The van der Waals surface area contributed by atoms with Crippen molar-refractivity contribution in [2.75, 3.05) is 5.75 Å². The minimum Gasteiger partial charge on any atom is -0.287 e. The van der Waals surface area contributed by atoms with Crippen molar-refractivity contribution >= 4 is 16.9 Å². The van der Waals surface area contributed by atoms with Crippen LogP contribution in [0.2, 0.25) is 0 Å². The average Bonchev–Trinajstić information content (AvgIpc) is 2.25. The van der Waals surface area contributed by atoms with Gasteiger partial charge in [-0.1, -0.05) is 37.1 Å². The lowest BCUT2D eigenvalue weighted by molar-refractivity contribution is -0.110. The van der Waals surface area contributed by atoms with Gasteiger partial charge in [-0.15, -0.1) is 6.58 Å². The summed E-state index contributed by atoms with van der Waals surface area (Å²) in [5, 5.41) is 0.343. The van der Waals surface area contributed by atoms with Gasteiger partial charge in [-0.05, 0) is 25.2 Å². The predicted molar refractivity (Wildman–Crippen MR) is 63.5 cm³/mol. The van der Waals surface area contributed by atoms with Crippen LogP contribution in [0.25, 0.3) is 0 Å². The molecule has 1 nitrogen and oxygen atoms in total. The molecule has 0 N–H and O–H groups in total. The zero-order valence-corrected chi connectivity index (χ0v) is 9.65. The zero-order chi connectivity index (χ0) is 10.2. The van der Waals surface area contributed by atoms with Gasteiger partial charge in [0.1, 0.15) is 0 Å². The van der Waals surface area contributed by atoms with Crippen LogP contribution in [0.15, 0.2) is 12.7 Å². The standard InChI is InChI=1S/C12H20OS/c1-2-3-9-12(13)14-10-11-7-5-4-6-8-11/h2,11H,1,3-10H2. The summed E-state index contributed by atoms with van der Waals surface area (Å²) in [5.41, 5.74) is 0.